The third-order valence-electron chi connectivity index (χ3n) is 10.9. The highest BCUT2D eigenvalue weighted by molar-refractivity contribution is 5.92. The Morgan fingerprint density at radius 2 is 1.32 bits per heavy atom. The quantitative estimate of drug-likeness (QED) is 0.0758. The van der Waals surface area contributed by atoms with Crippen LogP contribution >= 0.6 is 0 Å². The van der Waals surface area contributed by atoms with Gasteiger partial charge in [0.25, 0.3) is 0 Å². The molecule has 14 heteroatoms. The fourth-order valence-corrected chi connectivity index (χ4v) is 8.04. The van der Waals surface area contributed by atoms with Crippen molar-refractivity contribution in [3.8, 4) is 28.5 Å². The first-order valence-corrected chi connectivity index (χ1v) is 20.7. The Kier molecular flexibility index (Phi) is 14.1. The van der Waals surface area contributed by atoms with E-state index in [-0.39, 0.29) is 5.75 Å². The van der Waals surface area contributed by atoms with Gasteiger partial charge in [-0.2, -0.15) is 0 Å². The average molecular weight is 849 g/mol. The van der Waals surface area contributed by atoms with Crippen molar-refractivity contribution < 1.29 is 57.1 Å². The number of likely N-dealkylation sites (tertiary alicyclic amines) is 1. The molecule has 0 unspecified atom stereocenters. The summed E-state index contributed by atoms with van der Waals surface area (Å²) in [4.78, 5) is 52.1. The number of fused-ring (bicyclic) bond motifs is 1. The minimum atomic E-state index is -1.58. The topological polar surface area (TPSA) is 150 Å². The molecule has 0 aliphatic carbocycles. The van der Waals surface area contributed by atoms with Gasteiger partial charge in [-0.1, -0.05) is 42.5 Å². The van der Waals surface area contributed by atoms with E-state index in [4.69, 9.17) is 37.9 Å². The molecule has 4 aromatic carbocycles. The molecule has 0 radical (unpaired) electrons. The van der Waals surface area contributed by atoms with Gasteiger partial charge in [0.2, 0.25) is 12.4 Å². The number of rotatable bonds is 16. The summed E-state index contributed by atoms with van der Waals surface area (Å²) < 4.78 is 48.2. The van der Waals surface area contributed by atoms with Gasteiger partial charge in [-0.3, -0.25) is 19.3 Å². The first-order valence-electron chi connectivity index (χ1n) is 20.7. The molecule has 1 aromatic heterocycles. The third-order valence-corrected chi connectivity index (χ3v) is 10.9. The maximum atomic E-state index is 13.0. The van der Waals surface area contributed by atoms with Crippen LogP contribution in [0.4, 0.5) is 0 Å². The Morgan fingerprint density at radius 3 is 1.98 bits per heavy atom. The second kappa shape index (κ2) is 20.0. The molecule has 5 atom stereocenters. The average Bonchev–Trinajstić information content (AvgIpc) is 3.88. The maximum absolute atomic E-state index is 13.0. The van der Waals surface area contributed by atoms with Crippen molar-refractivity contribution in [1.82, 2.24) is 9.47 Å². The zero-order chi connectivity index (χ0) is 43.8. The molecule has 3 heterocycles. The summed E-state index contributed by atoms with van der Waals surface area (Å²) in [7, 11) is 1.13. The van der Waals surface area contributed by atoms with Crippen LogP contribution in [-0.2, 0) is 56.0 Å². The summed E-state index contributed by atoms with van der Waals surface area (Å²) >= 11 is 0. The molecular weight excluding hydrogens is 797 g/mol. The number of carbonyl (C=O) groups excluding carboxylic acids is 4. The lowest BCUT2D eigenvalue weighted by atomic mass is 9.97. The van der Waals surface area contributed by atoms with Crippen molar-refractivity contribution in [3.63, 3.8) is 0 Å². The van der Waals surface area contributed by atoms with E-state index in [1.807, 2.05) is 60.7 Å². The largest absolute Gasteiger partial charge is 0.492 e. The molecule has 2 fully saturated rings. The number of benzene rings is 4. The summed E-state index contributed by atoms with van der Waals surface area (Å²) in [6, 6.07) is 31.6. The van der Waals surface area contributed by atoms with Crippen LogP contribution in [0.25, 0.3) is 22.2 Å². The van der Waals surface area contributed by atoms with Gasteiger partial charge in [-0.15, -0.1) is 0 Å². The number of hydrogen-bond acceptors (Lipinski definition) is 13. The molecule has 0 spiro atoms. The molecule has 0 amide bonds. The molecule has 0 saturated carbocycles. The van der Waals surface area contributed by atoms with Gasteiger partial charge < -0.3 is 42.5 Å². The molecule has 0 N–H and O–H groups in total. The standard InChI is InChI=1S/C48H52N2O12/c1-30-40-27-39(57-29-35-11-7-6-8-12-35)21-22-41(40)50(28-34-13-17-37(18-14-34)56-26-25-49-23-9-10-24-49)42(30)36-15-19-38(20-16-36)61-48-46(60-33(4)53)44(59-32(3)52)43(58-31(2)51)45(62-48)47(54)55-5/h6-8,11-22,27,43-46,48H,9-10,23-26,28-29H2,1-5H3/t43-,44-,45-,46+,48+/m0/s1. The monoisotopic (exact) mass is 848 g/mol. The summed E-state index contributed by atoms with van der Waals surface area (Å²) in [5.41, 5.74) is 6.05. The summed E-state index contributed by atoms with van der Waals surface area (Å²) in [5, 5.41) is 1.03. The first kappa shape index (κ1) is 43.7. The number of ether oxygens (including phenoxy) is 8. The number of carbonyl (C=O) groups is 4. The van der Waals surface area contributed by atoms with Crippen LogP contribution < -0.4 is 14.2 Å². The molecule has 2 aliphatic rings. The van der Waals surface area contributed by atoms with Gasteiger partial charge in [0.1, 0.15) is 30.5 Å². The van der Waals surface area contributed by atoms with E-state index in [0.717, 1.165) is 97.9 Å². The van der Waals surface area contributed by atoms with Gasteiger partial charge >= 0.3 is 23.9 Å². The zero-order valence-electron chi connectivity index (χ0n) is 35.6. The van der Waals surface area contributed by atoms with Gasteiger partial charge in [0.15, 0.2) is 18.3 Å². The van der Waals surface area contributed by atoms with Gasteiger partial charge in [-0.05, 0) is 110 Å². The SMILES string of the molecule is COC(=O)[C@H]1O[C@@H](Oc2ccc(-c3c(C)c4cc(OCc5ccccc5)ccc4n3Cc3ccc(OCCN4CCCC4)cc3)cc2)[C@H](OC(C)=O)[C@@H](OC(C)=O)[C@@H]1OC(C)=O. The fourth-order valence-electron chi connectivity index (χ4n) is 8.04. The normalized spacial score (nSPS) is 20.0. The Balaban J connectivity index is 1.18. The smallest absolute Gasteiger partial charge is 0.339 e. The number of nitrogens with zero attached hydrogens (tertiary/aromatic N) is 2. The van der Waals surface area contributed by atoms with Crippen molar-refractivity contribution in [3.05, 3.63) is 114 Å². The van der Waals surface area contributed by atoms with Crippen LogP contribution in [0.2, 0.25) is 0 Å². The highest BCUT2D eigenvalue weighted by atomic mass is 16.7. The molecule has 0 bridgehead atoms. The van der Waals surface area contributed by atoms with E-state index in [2.05, 4.69) is 40.7 Å². The van der Waals surface area contributed by atoms with Gasteiger partial charge in [-0.25, -0.2) is 4.79 Å². The van der Waals surface area contributed by atoms with E-state index in [1.165, 1.54) is 12.8 Å². The van der Waals surface area contributed by atoms with E-state index in [1.54, 1.807) is 12.1 Å². The maximum Gasteiger partial charge on any atom is 0.339 e. The van der Waals surface area contributed by atoms with Crippen molar-refractivity contribution >= 4 is 34.8 Å². The minimum Gasteiger partial charge on any atom is -0.492 e. The van der Waals surface area contributed by atoms with Crippen LogP contribution in [0.3, 0.4) is 0 Å². The van der Waals surface area contributed by atoms with Crippen molar-refractivity contribution in [2.24, 2.45) is 0 Å². The van der Waals surface area contributed by atoms with Gasteiger partial charge in [0, 0.05) is 44.8 Å². The number of esters is 4. The number of aromatic nitrogens is 1. The van der Waals surface area contributed by atoms with Crippen molar-refractivity contribution in [2.75, 3.05) is 33.4 Å². The summed E-state index contributed by atoms with van der Waals surface area (Å²) in [6.07, 6.45) is -5.00. The molecule has 326 valence electrons. The van der Waals surface area contributed by atoms with Crippen molar-refractivity contribution in [1.29, 1.82) is 0 Å². The van der Waals surface area contributed by atoms with Crippen LogP contribution in [0.1, 0.15) is 50.3 Å². The Morgan fingerprint density at radius 1 is 0.694 bits per heavy atom. The minimum absolute atomic E-state index is 0.282. The van der Waals surface area contributed by atoms with E-state index in [0.29, 0.717) is 19.8 Å². The zero-order valence-corrected chi connectivity index (χ0v) is 35.6. The van der Waals surface area contributed by atoms with E-state index in [9.17, 15) is 19.2 Å². The first-order chi connectivity index (χ1) is 30.0. The lowest BCUT2D eigenvalue weighted by molar-refractivity contribution is -0.282. The van der Waals surface area contributed by atoms with Crippen LogP contribution in [0.15, 0.2) is 97.1 Å². The third kappa shape index (κ3) is 10.6. The van der Waals surface area contributed by atoms with Crippen LogP contribution in [-0.4, -0.2) is 97.4 Å². The number of hydrogen-bond donors (Lipinski definition) is 0. The lowest BCUT2D eigenvalue weighted by Gasteiger charge is -2.43. The Bertz CT molecular complexity index is 2340. The summed E-state index contributed by atoms with van der Waals surface area (Å²) in [5.74, 6) is -1.39. The van der Waals surface area contributed by atoms with E-state index >= 15 is 0 Å². The van der Waals surface area contributed by atoms with Crippen LogP contribution in [0.5, 0.6) is 17.2 Å². The number of methoxy groups -OCH3 is 1. The molecule has 14 nitrogen and oxygen atoms in total. The molecule has 2 aliphatic heterocycles. The highest BCUT2D eigenvalue weighted by Gasteiger charge is 2.55. The molecule has 62 heavy (non-hydrogen) atoms. The Hall–Kier alpha value is -6.38. The fraction of sp³-hybridized carbons (Fsp3) is 0.375. The predicted octanol–water partition coefficient (Wildman–Crippen LogP) is 6.79. The van der Waals surface area contributed by atoms with Gasteiger partial charge in [0.05, 0.1) is 12.8 Å². The molecule has 7 rings (SSSR count). The predicted molar refractivity (Wildman–Crippen MR) is 228 cm³/mol. The number of aryl methyl sites for hydroxylation is 1. The lowest BCUT2D eigenvalue weighted by Crippen LogP contribution is -2.64. The molecule has 5 aromatic rings. The van der Waals surface area contributed by atoms with E-state index < -0.39 is 54.6 Å². The second-order valence-electron chi connectivity index (χ2n) is 15.4. The summed E-state index contributed by atoms with van der Waals surface area (Å²) in [6.45, 7) is 10.3. The van der Waals surface area contributed by atoms with Crippen molar-refractivity contribution in [2.45, 2.75) is 84.4 Å². The van der Waals surface area contributed by atoms with Crippen LogP contribution in [0, 0.1) is 6.92 Å². The Labute approximate surface area is 360 Å². The molecule has 2 saturated heterocycles. The second-order valence-corrected chi connectivity index (χ2v) is 15.4. The molecular formula is C48H52N2O12. The highest BCUT2D eigenvalue weighted by Crippen LogP contribution is 2.38.